The normalized spacial score (nSPS) is 12.9. The van der Waals surface area contributed by atoms with E-state index in [2.05, 4.69) is 34.3 Å². The Morgan fingerprint density at radius 2 is 1.75 bits per heavy atom. The quantitative estimate of drug-likeness (QED) is 0.775. The van der Waals surface area contributed by atoms with Gasteiger partial charge in [-0.1, -0.05) is 48.5 Å². The van der Waals surface area contributed by atoms with Gasteiger partial charge in [0.05, 0.1) is 24.5 Å². The molecular weight excluding hydrogens is 298 g/mol. The first-order valence-corrected chi connectivity index (χ1v) is 8.13. The minimum Gasteiger partial charge on any atom is -0.492 e. The summed E-state index contributed by atoms with van der Waals surface area (Å²) in [5, 5.41) is 0. The highest BCUT2D eigenvalue weighted by Gasteiger charge is 2.16. The van der Waals surface area contributed by atoms with Crippen LogP contribution in [-0.2, 0) is 6.54 Å². The van der Waals surface area contributed by atoms with Crippen LogP contribution in [-0.4, -0.2) is 28.0 Å². The van der Waals surface area contributed by atoms with Crippen LogP contribution in [0.1, 0.15) is 11.4 Å². The van der Waals surface area contributed by atoms with Crippen LogP contribution >= 0.6 is 0 Å². The largest absolute Gasteiger partial charge is 0.492 e. The zero-order valence-corrected chi connectivity index (χ0v) is 13.4. The molecule has 4 nitrogen and oxygen atoms in total. The first-order valence-electron chi connectivity index (χ1n) is 8.13. The van der Waals surface area contributed by atoms with Crippen LogP contribution in [0.5, 0.6) is 5.75 Å². The molecule has 0 saturated carbocycles. The van der Waals surface area contributed by atoms with Crippen LogP contribution in [0.2, 0.25) is 0 Å². The Morgan fingerprint density at radius 1 is 1.00 bits per heavy atom. The van der Waals surface area contributed by atoms with Crippen molar-refractivity contribution >= 4 is 6.08 Å². The number of nitrogens with zero attached hydrogens (tertiary/aromatic N) is 2. The Labute approximate surface area is 141 Å². The third kappa shape index (κ3) is 3.18. The fourth-order valence-electron chi connectivity index (χ4n) is 2.79. The Morgan fingerprint density at radius 3 is 2.54 bits per heavy atom. The Hall–Kier alpha value is -3.01. The highest BCUT2D eigenvalue weighted by Crippen LogP contribution is 2.23. The number of rotatable bonds is 5. The highest BCUT2D eigenvalue weighted by atomic mass is 16.5. The Balaban J connectivity index is 1.38. The Kier molecular flexibility index (Phi) is 4.02. The van der Waals surface area contributed by atoms with Crippen LogP contribution < -0.4 is 4.74 Å². The predicted molar refractivity (Wildman–Crippen MR) is 95.4 cm³/mol. The number of aromatic nitrogens is 2. The molecule has 1 N–H and O–H groups in total. The van der Waals surface area contributed by atoms with Crippen LogP contribution in [0.25, 0.3) is 17.5 Å². The van der Waals surface area contributed by atoms with Crippen molar-refractivity contribution in [3.8, 4) is 17.1 Å². The maximum absolute atomic E-state index is 5.77. The molecule has 24 heavy (non-hydrogen) atoms. The molecular formula is C20H19N3O. The lowest BCUT2D eigenvalue weighted by Gasteiger charge is -2.22. The van der Waals surface area contributed by atoms with E-state index in [1.54, 1.807) is 0 Å². The van der Waals surface area contributed by atoms with E-state index in [9.17, 15) is 0 Å². The van der Waals surface area contributed by atoms with Gasteiger partial charge in [-0.15, -0.1) is 0 Å². The minimum atomic E-state index is 0.652. The molecule has 1 aliphatic heterocycles. The van der Waals surface area contributed by atoms with E-state index >= 15 is 0 Å². The molecule has 2 aromatic carbocycles. The van der Waals surface area contributed by atoms with E-state index in [1.165, 1.54) is 0 Å². The standard InChI is InChI=1S/C20H19N3O/c1-3-7-16(8-4-1)20-21-18-11-12-23(15-19(18)22-20)13-14-24-17-9-5-2-6-10-17/h1-12H,13-15H2,(H,21,22). The molecule has 0 radical (unpaired) electrons. The summed E-state index contributed by atoms with van der Waals surface area (Å²) in [7, 11) is 0. The molecule has 0 atom stereocenters. The summed E-state index contributed by atoms with van der Waals surface area (Å²) in [6.07, 6.45) is 4.18. The molecule has 0 amide bonds. The molecule has 0 fully saturated rings. The van der Waals surface area contributed by atoms with E-state index < -0.39 is 0 Å². The van der Waals surface area contributed by atoms with Gasteiger partial charge in [0.1, 0.15) is 18.2 Å². The fourth-order valence-corrected chi connectivity index (χ4v) is 2.79. The minimum absolute atomic E-state index is 0.652. The molecule has 2 heterocycles. The first kappa shape index (κ1) is 14.6. The molecule has 4 heteroatoms. The highest BCUT2D eigenvalue weighted by molar-refractivity contribution is 5.60. The smallest absolute Gasteiger partial charge is 0.138 e. The van der Waals surface area contributed by atoms with Crippen LogP contribution in [0.15, 0.2) is 66.9 Å². The number of ether oxygens (including phenoxy) is 1. The molecule has 120 valence electrons. The van der Waals surface area contributed by atoms with Gasteiger partial charge < -0.3 is 14.6 Å². The lowest BCUT2D eigenvalue weighted by Crippen LogP contribution is -2.25. The fraction of sp³-hybridized carbons (Fsp3) is 0.150. The summed E-state index contributed by atoms with van der Waals surface area (Å²) in [5.41, 5.74) is 3.28. The lowest BCUT2D eigenvalue weighted by atomic mass is 10.2. The third-order valence-corrected chi connectivity index (χ3v) is 4.05. The zero-order valence-electron chi connectivity index (χ0n) is 13.4. The third-order valence-electron chi connectivity index (χ3n) is 4.05. The maximum Gasteiger partial charge on any atom is 0.138 e. The van der Waals surface area contributed by atoms with E-state index in [4.69, 9.17) is 9.72 Å². The average Bonchev–Trinajstić information content (AvgIpc) is 3.07. The molecule has 0 bridgehead atoms. The summed E-state index contributed by atoms with van der Waals surface area (Å²) >= 11 is 0. The molecule has 0 spiro atoms. The van der Waals surface area contributed by atoms with Crippen molar-refractivity contribution in [1.82, 2.24) is 14.9 Å². The monoisotopic (exact) mass is 317 g/mol. The Bertz CT molecular complexity index is 825. The van der Waals surface area contributed by atoms with E-state index in [-0.39, 0.29) is 0 Å². The second kappa shape index (κ2) is 6.62. The van der Waals surface area contributed by atoms with Gasteiger partial charge in [-0.3, -0.25) is 0 Å². The van der Waals surface area contributed by atoms with Crippen LogP contribution in [0.3, 0.4) is 0 Å². The van der Waals surface area contributed by atoms with Crippen molar-refractivity contribution < 1.29 is 4.74 Å². The molecule has 0 unspecified atom stereocenters. The SMILES string of the molecule is C1=CN(CCOc2ccccc2)Cc2nc(-c3ccccc3)[nH]c21. The topological polar surface area (TPSA) is 41.1 Å². The number of aromatic amines is 1. The average molecular weight is 317 g/mol. The van der Waals surface area contributed by atoms with Crippen molar-refractivity contribution in [1.29, 1.82) is 0 Å². The summed E-state index contributed by atoms with van der Waals surface area (Å²) < 4.78 is 5.77. The van der Waals surface area contributed by atoms with Crippen molar-refractivity contribution in [3.63, 3.8) is 0 Å². The summed E-state index contributed by atoms with van der Waals surface area (Å²) in [6, 6.07) is 20.1. The second-order valence-corrected chi connectivity index (χ2v) is 5.76. The second-order valence-electron chi connectivity index (χ2n) is 5.76. The van der Waals surface area contributed by atoms with Crippen molar-refractivity contribution in [2.45, 2.75) is 6.54 Å². The van der Waals surface area contributed by atoms with Crippen LogP contribution in [0, 0.1) is 0 Å². The van der Waals surface area contributed by atoms with E-state index in [0.717, 1.165) is 41.6 Å². The number of fused-ring (bicyclic) bond motifs is 1. The van der Waals surface area contributed by atoms with Gasteiger partial charge in [-0.2, -0.15) is 0 Å². The molecule has 1 aliphatic rings. The molecule has 1 aromatic heterocycles. The van der Waals surface area contributed by atoms with Gasteiger partial charge in [-0.25, -0.2) is 4.98 Å². The number of benzene rings is 2. The van der Waals surface area contributed by atoms with Crippen LogP contribution in [0.4, 0.5) is 0 Å². The lowest BCUT2D eigenvalue weighted by molar-refractivity contribution is 0.248. The number of nitrogens with one attached hydrogen (secondary N) is 1. The van der Waals surface area contributed by atoms with E-state index in [1.807, 2.05) is 48.5 Å². The number of imidazole rings is 1. The van der Waals surface area contributed by atoms with Gasteiger partial charge in [-0.05, 0) is 18.2 Å². The zero-order chi connectivity index (χ0) is 16.2. The molecule has 0 aliphatic carbocycles. The van der Waals surface area contributed by atoms with Gasteiger partial charge in [0.25, 0.3) is 0 Å². The van der Waals surface area contributed by atoms with Crippen molar-refractivity contribution in [2.24, 2.45) is 0 Å². The molecule has 3 aromatic rings. The molecule has 4 rings (SSSR count). The summed E-state index contributed by atoms with van der Waals surface area (Å²) in [4.78, 5) is 10.4. The van der Waals surface area contributed by atoms with Gasteiger partial charge in [0, 0.05) is 11.8 Å². The van der Waals surface area contributed by atoms with Crippen molar-refractivity contribution in [3.05, 3.63) is 78.3 Å². The number of hydrogen-bond acceptors (Lipinski definition) is 3. The summed E-state index contributed by atoms with van der Waals surface area (Å²) in [6.45, 7) is 2.28. The number of hydrogen-bond donors (Lipinski definition) is 1. The molecule has 0 saturated heterocycles. The van der Waals surface area contributed by atoms with Gasteiger partial charge in [0.2, 0.25) is 0 Å². The first-order chi connectivity index (χ1) is 11.9. The summed E-state index contributed by atoms with van der Waals surface area (Å²) in [5.74, 6) is 1.83. The number of para-hydroxylation sites is 1. The van der Waals surface area contributed by atoms with Crippen molar-refractivity contribution in [2.75, 3.05) is 13.2 Å². The van der Waals surface area contributed by atoms with E-state index in [0.29, 0.717) is 6.61 Å². The van der Waals surface area contributed by atoms with Gasteiger partial charge >= 0.3 is 0 Å². The van der Waals surface area contributed by atoms with Gasteiger partial charge in [0.15, 0.2) is 0 Å². The maximum atomic E-state index is 5.77. The predicted octanol–water partition coefficient (Wildman–Crippen LogP) is 3.94. The number of H-pyrrole nitrogens is 1.